The number of hydrogen-bond acceptors (Lipinski definition) is 1. The lowest BCUT2D eigenvalue weighted by atomic mass is 10.0. The molecule has 4 aromatic carbocycles. The third-order valence-corrected chi connectivity index (χ3v) is 6.75. The van der Waals surface area contributed by atoms with Crippen LogP contribution in [0.25, 0.3) is 53.1 Å². The Kier molecular flexibility index (Phi) is 3.03. The zero-order valence-corrected chi connectivity index (χ0v) is 15.8. The summed E-state index contributed by atoms with van der Waals surface area (Å²) in [6.45, 7) is 0. The summed E-state index contributed by atoms with van der Waals surface area (Å²) in [4.78, 5) is 0. The largest absolute Gasteiger partial charge is 0.344 e. The summed E-state index contributed by atoms with van der Waals surface area (Å²) in [5, 5.41) is 5.38. The predicted molar refractivity (Wildman–Crippen MR) is 119 cm³/mol. The van der Waals surface area contributed by atoms with Crippen molar-refractivity contribution in [3.8, 4) is 11.1 Å². The maximum Gasteiger partial charge on any atom is 0.0495 e. The molecule has 0 aliphatic carbocycles. The van der Waals surface area contributed by atoms with E-state index >= 15 is 0 Å². The van der Waals surface area contributed by atoms with Crippen molar-refractivity contribution in [3.05, 3.63) is 84.9 Å². The normalized spacial score (nSPS) is 11.9. The molecule has 0 aliphatic heterocycles. The summed E-state index contributed by atoms with van der Waals surface area (Å²) in [5.74, 6) is 0. The number of nitrogens with zero attached hydrogens (tertiary/aromatic N) is 1. The molecule has 2 heterocycles. The molecule has 0 N–H and O–H groups in total. The van der Waals surface area contributed by atoms with Crippen LogP contribution in [0.3, 0.4) is 0 Å². The van der Waals surface area contributed by atoms with Gasteiger partial charge in [-0.15, -0.1) is 11.3 Å². The van der Waals surface area contributed by atoms with E-state index in [9.17, 15) is 0 Å². The molecule has 0 atom stereocenters. The van der Waals surface area contributed by atoms with Gasteiger partial charge in [-0.3, -0.25) is 0 Å². The van der Waals surface area contributed by atoms with Crippen LogP contribution >= 0.6 is 11.3 Å². The van der Waals surface area contributed by atoms with Crippen LogP contribution < -0.4 is 0 Å². The van der Waals surface area contributed by atoms with Crippen molar-refractivity contribution in [1.82, 2.24) is 4.57 Å². The van der Waals surface area contributed by atoms with Crippen molar-refractivity contribution in [1.29, 1.82) is 0 Å². The Labute approximate surface area is 161 Å². The second-order valence-corrected chi connectivity index (χ2v) is 8.20. The molecule has 0 spiro atoms. The van der Waals surface area contributed by atoms with E-state index in [1.54, 1.807) is 0 Å². The van der Waals surface area contributed by atoms with Crippen LogP contribution in [0, 0.1) is 0 Å². The van der Waals surface area contributed by atoms with Crippen molar-refractivity contribution < 1.29 is 0 Å². The molecule has 0 amide bonds. The summed E-state index contributed by atoms with van der Waals surface area (Å²) in [6.07, 6.45) is 0. The lowest BCUT2D eigenvalue weighted by molar-refractivity contribution is 1.02. The van der Waals surface area contributed by atoms with Gasteiger partial charge < -0.3 is 4.57 Å². The molecule has 2 heteroatoms. The van der Waals surface area contributed by atoms with Crippen LogP contribution in [0.2, 0.25) is 0 Å². The average Bonchev–Trinajstić information content (AvgIpc) is 3.22. The number of aromatic nitrogens is 1. The quantitative estimate of drug-likeness (QED) is 0.287. The van der Waals surface area contributed by atoms with Crippen LogP contribution in [-0.2, 0) is 7.05 Å². The van der Waals surface area contributed by atoms with E-state index in [1.165, 1.54) is 53.1 Å². The Hall–Kier alpha value is -3.10. The van der Waals surface area contributed by atoms with Crippen LogP contribution in [0.15, 0.2) is 84.9 Å². The van der Waals surface area contributed by atoms with E-state index in [2.05, 4.69) is 96.5 Å². The van der Waals surface area contributed by atoms with E-state index < -0.39 is 0 Å². The van der Waals surface area contributed by atoms with Crippen molar-refractivity contribution in [2.75, 3.05) is 0 Å². The van der Waals surface area contributed by atoms with Gasteiger partial charge in [0.25, 0.3) is 0 Å². The highest BCUT2D eigenvalue weighted by atomic mass is 32.1. The molecule has 0 saturated heterocycles. The van der Waals surface area contributed by atoms with E-state index in [1.807, 2.05) is 11.3 Å². The standard InChI is InChI=1S/C25H17NS/c1-26-22-13-17(16-7-3-2-4-8-16)11-12-18(22)20-15-25-21(14-23(20)26)19-9-5-6-10-24(19)27-25/h2-15H,1H3. The number of benzene rings is 4. The van der Waals surface area contributed by atoms with Crippen molar-refractivity contribution in [2.45, 2.75) is 0 Å². The van der Waals surface area contributed by atoms with Gasteiger partial charge in [-0.1, -0.05) is 60.7 Å². The van der Waals surface area contributed by atoms with E-state index in [4.69, 9.17) is 0 Å². The molecule has 0 bridgehead atoms. The lowest BCUT2D eigenvalue weighted by Gasteiger charge is -2.03. The van der Waals surface area contributed by atoms with Crippen LogP contribution in [-0.4, -0.2) is 4.57 Å². The molecule has 0 fully saturated rings. The van der Waals surface area contributed by atoms with Gasteiger partial charge in [0.2, 0.25) is 0 Å². The number of hydrogen-bond donors (Lipinski definition) is 0. The van der Waals surface area contributed by atoms with Gasteiger partial charge in [-0.2, -0.15) is 0 Å². The number of aryl methyl sites for hydroxylation is 1. The van der Waals surface area contributed by atoms with Crippen molar-refractivity contribution in [3.63, 3.8) is 0 Å². The number of thiophene rings is 1. The topological polar surface area (TPSA) is 4.93 Å². The maximum atomic E-state index is 2.37. The molecule has 0 unspecified atom stereocenters. The fraction of sp³-hybridized carbons (Fsp3) is 0.0400. The van der Waals surface area contributed by atoms with Crippen LogP contribution in [0.5, 0.6) is 0 Å². The first-order chi connectivity index (χ1) is 13.3. The van der Waals surface area contributed by atoms with Gasteiger partial charge in [0.1, 0.15) is 0 Å². The Morgan fingerprint density at radius 3 is 2.22 bits per heavy atom. The predicted octanol–water partition coefficient (Wildman–Crippen LogP) is 7.37. The fourth-order valence-corrected chi connectivity index (χ4v) is 5.36. The van der Waals surface area contributed by atoms with E-state index in [-0.39, 0.29) is 0 Å². The smallest absolute Gasteiger partial charge is 0.0495 e. The molecule has 6 rings (SSSR count). The fourth-order valence-electron chi connectivity index (χ4n) is 4.23. The minimum Gasteiger partial charge on any atom is -0.344 e. The van der Waals surface area contributed by atoms with Crippen LogP contribution in [0.1, 0.15) is 0 Å². The van der Waals surface area contributed by atoms with Gasteiger partial charge in [0, 0.05) is 49.0 Å². The molecular weight excluding hydrogens is 346 g/mol. The maximum absolute atomic E-state index is 2.37. The first kappa shape index (κ1) is 15.0. The van der Waals surface area contributed by atoms with Gasteiger partial charge in [-0.05, 0) is 35.4 Å². The molecule has 128 valence electrons. The number of rotatable bonds is 1. The molecule has 1 nitrogen and oxygen atoms in total. The van der Waals surface area contributed by atoms with Gasteiger partial charge in [-0.25, -0.2) is 0 Å². The zero-order chi connectivity index (χ0) is 18.0. The Bertz CT molecular complexity index is 1470. The summed E-state index contributed by atoms with van der Waals surface area (Å²) in [6, 6.07) is 30.9. The summed E-state index contributed by atoms with van der Waals surface area (Å²) >= 11 is 1.89. The van der Waals surface area contributed by atoms with Crippen molar-refractivity contribution in [2.24, 2.45) is 7.05 Å². The highest BCUT2D eigenvalue weighted by molar-refractivity contribution is 7.25. The third kappa shape index (κ3) is 2.11. The van der Waals surface area contributed by atoms with Crippen LogP contribution in [0.4, 0.5) is 0 Å². The minimum atomic E-state index is 1.26. The molecular formula is C25H17NS. The minimum absolute atomic E-state index is 1.26. The molecule has 27 heavy (non-hydrogen) atoms. The zero-order valence-electron chi connectivity index (χ0n) is 14.9. The van der Waals surface area contributed by atoms with E-state index in [0.717, 1.165) is 0 Å². The monoisotopic (exact) mass is 363 g/mol. The lowest BCUT2D eigenvalue weighted by Crippen LogP contribution is -1.87. The Morgan fingerprint density at radius 1 is 0.556 bits per heavy atom. The molecule has 2 aromatic heterocycles. The second-order valence-electron chi connectivity index (χ2n) is 7.12. The highest BCUT2D eigenvalue weighted by Crippen LogP contribution is 2.39. The molecule has 6 aromatic rings. The Morgan fingerprint density at radius 2 is 1.33 bits per heavy atom. The summed E-state index contributed by atoms with van der Waals surface area (Å²) < 4.78 is 5.06. The molecule has 0 radical (unpaired) electrons. The first-order valence-corrected chi connectivity index (χ1v) is 10.00. The molecule has 0 saturated carbocycles. The van der Waals surface area contributed by atoms with Gasteiger partial charge in [0.15, 0.2) is 0 Å². The summed E-state index contributed by atoms with van der Waals surface area (Å²) in [7, 11) is 2.18. The third-order valence-electron chi connectivity index (χ3n) is 5.61. The summed E-state index contributed by atoms with van der Waals surface area (Å²) in [5.41, 5.74) is 5.11. The van der Waals surface area contributed by atoms with Gasteiger partial charge in [0.05, 0.1) is 0 Å². The SMILES string of the molecule is Cn1c2cc(-c3ccccc3)ccc2c2cc3sc4ccccc4c3cc21. The van der Waals surface area contributed by atoms with Gasteiger partial charge >= 0.3 is 0 Å². The highest BCUT2D eigenvalue weighted by Gasteiger charge is 2.13. The second kappa shape index (κ2) is 5.45. The Balaban J connectivity index is 1.69. The van der Waals surface area contributed by atoms with E-state index in [0.29, 0.717) is 0 Å². The van der Waals surface area contributed by atoms with Crippen molar-refractivity contribution >= 4 is 53.3 Å². The average molecular weight is 363 g/mol. The number of fused-ring (bicyclic) bond motifs is 6. The molecule has 0 aliphatic rings. The first-order valence-electron chi connectivity index (χ1n) is 9.18.